The number of hydrogen-bond donors (Lipinski definition) is 8. The molecule has 6 rings (SSSR count). The molecule has 0 aromatic heterocycles. The Balaban J connectivity index is 0.000000658. The Kier molecular flexibility index (Phi) is 38.7. The lowest BCUT2D eigenvalue weighted by atomic mass is 10.1. The van der Waals surface area contributed by atoms with Crippen molar-refractivity contribution < 1.29 is 62.8 Å². The number of quaternary nitrogens is 2. The second-order valence-corrected chi connectivity index (χ2v) is 23.0. The quantitative estimate of drug-likeness (QED) is 0.0109. The molecule has 0 radical (unpaired) electrons. The molecule has 0 atom stereocenters. The minimum atomic E-state index is -0.642. The highest BCUT2D eigenvalue weighted by atomic mass is 35.5. The molecule has 0 heterocycles. The number of halogens is 2. The van der Waals surface area contributed by atoms with Gasteiger partial charge in [-0.2, -0.15) is 0 Å². The van der Waals surface area contributed by atoms with Gasteiger partial charge in [0.2, 0.25) is 0 Å². The third-order valence-corrected chi connectivity index (χ3v) is 15.8. The molecule has 0 saturated carbocycles. The maximum absolute atomic E-state index is 13.2. The summed E-state index contributed by atoms with van der Waals surface area (Å²) in [5.74, 6) is 0. The molecule has 0 spiro atoms. The third kappa shape index (κ3) is 28.2. The van der Waals surface area contributed by atoms with Crippen LogP contribution >= 0.6 is 0 Å². The number of hydrogen-bond acceptors (Lipinski definition) is 8. The van der Waals surface area contributed by atoms with Crippen LogP contribution in [0, 0.1) is 20.2 Å². The lowest BCUT2D eigenvalue weighted by molar-refractivity contribution is -0.929. The van der Waals surface area contributed by atoms with E-state index in [4.69, 9.17) is 0 Å². The van der Waals surface area contributed by atoms with Crippen LogP contribution in [-0.4, -0.2) is 95.3 Å². The number of urea groups is 4. The van der Waals surface area contributed by atoms with Crippen molar-refractivity contribution in [3.05, 3.63) is 154 Å². The smallest absolute Gasteiger partial charge is 0.323 e. The van der Waals surface area contributed by atoms with Crippen LogP contribution in [0.3, 0.4) is 0 Å². The van der Waals surface area contributed by atoms with Gasteiger partial charge in [-0.25, -0.2) is 19.2 Å². The summed E-state index contributed by atoms with van der Waals surface area (Å²) in [6.45, 7) is 30.0. The van der Waals surface area contributed by atoms with Crippen LogP contribution in [0.2, 0.25) is 0 Å². The number of carbonyl (C=O) groups excluding carboxylic acids is 4. The van der Waals surface area contributed by atoms with E-state index in [0.717, 1.165) is 0 Å². The van der Waals surface area contributed by atoms with Crippen molar-refractivity contribution in [2.45, 2.75) is 158 Å². The number of nitrogens with one attached hydrogen (secondary N) is 8. The minimum Gasteiger partial charge on any atom is -1.00 e. The van der Waals surface area contributed by atoms with E-state index in [0.29, 0.717) is 33.5 Å². The van der Waals surface area contributed by atoms with Gasteiger partial charge in [0, 0.05) is 46.4 Å². The summed E-state index contributed by atoms with van der Waals surface area (Å²) in [6.07, 6.45) is 22.1. The van der Waals surface area contributed by atoms with Crippen LogP contribution in [0.5, 0.6) is 0 Å². The largest absolute Gasteiger partial charge is 1.00 e. The van der Waals surface area contributed by atoms with Crippen LogP contribution in [0.4, 0.5) is 76.1 Å². The number of amides is 8. The zero-order valence-corrected chi connectivity index (χ0v) is 57.0. The lowest BCUT2D eigenvalue weighted by Gasteiger charge is -2.39. The number of unbranched alkanes of at least 4 members (excludes halogenated alkanes) is 8. The molecular formula is C70H102Cl2N12O8. The first-order chi connectivity index (χ1) is 43.5. The molecule has 92 heavy (non-hydrogen) atoms. The van der Waals surface area contributed by atoms with Crippen LogP contribution in [-0.2, 0) is 0 Å². The van der Waals surface area contributed by atoms with E-state index >= 15 is 0 Å². The Hall–Kier alpha value is -8.04. The molecule has 8 amide bonds. The Bertz CT molecular complexity index is 2870. The highest BCUT2D eigenvalue weighted by Gasteiger charge is 2.26. The molecule has 0 aliphatic carbocycles. The molecule has 22 heteroatoms. The lowest BCUT2D eigenvalue weighted by Crippen LogP contribution is -3.00. The number of non-ortho nitro benzene ring substituents is 2. The van der Waals surface area contributed by atoms with Gasteiger partial charge in [0.1, 0.15) is 0 Å². The number of nitro groups is 2. The van der Waals surface area contributed by atoms with E-state index in [-0.39, 0.29) is 58.9 Å². The van der Waals surface area contributed by atoms with Crippen molar-refractivity contribution in [2.24, 2.45) is 0 Å². The zero-order valence-electron chi connectivity index (χ0n) is 55.5. The number of nitro benzene ring substituents is 2. The normalized spacial score (nSPS) is 10.7. The zero-order chi connectivity index (χ0) is 65.6. The maximum Gasteiger partial charge on any atom is 0.323 e. The van der Waals surface area contributed by atoms with E-state index in [1.165, 1.54) is 213 Å². The van der Waals surface area contributed by atoms with Crippen molar-refractivity contribution in [1.82, 2.24) is 0 Å². The van der Waals surface area contributed by atoms with Gasteiger partial charge in [-0.1, -0.05) is 155 Å². The molecule has 0 aliphatic heterocycles. The highest BCUT2D eigenvalue weighted by molar-refractivity contribution is 6.13. The number of rotatable bonds is 34. The number of benzene rings is 6. The fraction of sp³-hybridized carbons (Fsp3) is 0.457. The molecule has 20 nitrogen and oxygen atoms in total. The Morgan fingerprint density at radius 2 is 0.511 bits per heavy atom. The van der Waals surface area contributed by atoms with Crippen LogP contribution in [0.1, 0.15) is 158 Å². The molecule has 0 unspecified atom stereocenters. The van der Waals surface area contributed by atoms with E-state index in [1.807, 2.05) is 0 Å². The van der Waals surface area contributed by atoms with E-state index in [1.54, 1.807) is 84.9 Å². The standard InChI is InChI=1S/C38H30N10O8.2C16H36N.2ClH/c49-35(39-23-15-19-25(20-16-23)47(53)54)43-31-9-1-3-11-33(31)45-37(51)41-29-13-5-8-28-27(29)7-6-14-30(28)42-38(52)46-34-12-4-2-10-32(34)44-36(50)40-24-17-21-26(22-18-24)48(55)56;2*1-5-9-13-17(14-10-6-2,15-11-7-3)16-12-8-4;;/h1-22H,(H2,39,43,49)(H2,40,44,50)(H2,41,45,51)(H2,42,46,52);2*5-16H2,1-4H3;2*1H/q;2*+1;;/p-2. The summed E-state index contributed by atoms with van der Waals surface area (Å²) in [4.78, 5) is 72.5. The molecule has 0 fully saturated rings. The molecular weight excluding hydrogens is 1210 g/mol. The summed E-state index contributed by atoms with van der Waals surface area (Å²) in [7, 11) is 0. The first-order valence-electron chi connectivity index (χ1n) is 32.7. The maximum atomic E-state index is 13.2. The first kappa shape index (κ1) is 80.1. The van der Waals surface area contributed by atoms with Crippen LogP contribution in [0.15, 0.2) is 133 Å². The van der Waals surface area contributed by atoms with Crippen molar-refractivity contribution in [3.8, 4) is 0 Å². The Morgan fingerprint density at radius 1 is 0.304 bits per heavy atom. The van der Waals surface area contributed by atoms with Gasteiger partial charge in [0.15, 0.2) is 0 Å². The predicted octanol–water partition coefficient (Wildman–Crippen LogP) is 13.2. The van der Waals surface area contributed by atoms with E-state index in [9.17, 15) is 39.4 Å². The second kappa shape index (κ2) is 44.5. The summed E-state index contributed by atoms with van der Waals surface area (Å²) in [5.41, 5.74) is 2.34. The van der Waals surface area contributed by atoms with E-state index in [2.05, 4.69) is 97.9 Å². The molecule has 504 valence electrons. The molecule has 8 N–H and O–H groups in total. The molecule has 0 bridgehead atoms. The van der Waals surface area contributed by atoms with Gasteiger partial charge in [0.25, 0.3) is 11.4 Å². The fourth-order valence-corrected chi connectivity index (χ4v) is 10.7. The van der Waals surface area contributed by atoms with Crippen LogP contribution in [0.25, 0.3) is 10.8 Å². The summed E-state index contributed by atoms with van der Waals surface area (Å²) in [6, 6.07) is 31.3. The topological polar surface area (TPSA) is 251 Å². The average Bonchev–Trinajstić information content (AvgIpc) is 0.923. The van der Waals surface area contributed by atoms with Gasteiger partial charge in [0.05, 0.1) is 96.3 Å². The highest BCUT2D eigenvalue weighted by Crippen LogP contribution is 2.31. The van der Waals surface area contributed by atoms with Crippen LogP contribution < -0.4 is 67.3 Å². The molecule has 6 aromatic carbocycles. The summed E-state index contributed by atoms with van der Waals surface area (Å²) < 4.78 is 2.84. The third-order valence-electron chi connectivity index (χ3n) is 15.8. The summed E-state index contributed by atoms with van der Waals surface area (Å²) >= 11 is 0. The van der Waals surface area contributed by atoms with Gasteiger partial charge >= 0.3 is 24.1 Å². The number of carbonyl (C=O) groups is 4. The number of para-hydroxylation sites is 4. The first-order valence-corrected chi connectivity index (χ1v) is 32.7. The number of nitrogens with zero attached hydrogens (tertiary/aromatic N) is 4. The van der Waals surface area contributed by atoms with Gasteiger partial charge in [-0.05, 0) is 112 Å². The molecule has 0 aliphatic rings. The van der Waals surface area contributed by atoms with Gasteiger partial charge < -0.3 is 76.3 Å². The number of anilines is 8. The van der Waals surface area contributed by atoms with Gasteiger partial charge in [-0.15, -0.1) is 0 Å². The molecule has 0 saturated heterocycles. The second-order valence-electron chi connectivity index (χ2n) is 23.0. The Morgan fingerprint density at radius 3 is 0.728 bits per heavy atom. The predicted molar refractivity (Wildman–Crippen MR) is 372 cm³/mol. The number of fused-ring (bicyclic) bond motifs is 1. The monoisotopic (exact) mass is 1310 g/mol. The molecule has 6 aromatic rings. The SMILES string of the molecule is CCCC[N+](CCCC)(CCCC)CCCC.CCCC[N+](CCCC)(CCCC)CCCC.O=C(Nc1ccc([N+](=O)[O-])cc1)Nc1ccccc1NC(=O)Nc1cccc2c(NC(=O)Nc3ccccc3NC(=O)Nc3ccc([N+](=O)[O-])cc3)cccc12.[Cl-].[Cl-]. The average molecular weight is 1310 g/mol. The Labute approximate surface area is 558 Å². The fourth-order valence-electron chi connectivity index (χ4n) is 10.7. The van der Waals surface area contributed by atoms with Crippen molar-refractivity contribution in [3.63, 3.8) is 0 Å². The van der Waals surface area contributed by atoms with Crippen molar-refractivity contribution in [2.75, 3.05) is 94.9 Å². The van der Waals surface area contributed by atoms with Crippen molar-refractivity contribution in [1.29, 1.82) is 0 Å². The van der Waals surface area contributed by atoms with E-state index < -0.39 is 34.0 Å². The van der Waals surface area contributed by atoms with Crippen molar-refractivity contribution >= 4 is 91.8 Å². The van der Waals surface area contributed by atoms with Gasteiger partial charge in [-0.3, -0.25) is 20.2 Å². The summed E-state index contributed by atoms with van der Waals surface area (Å²) in [5, 5.41) is 44.5. The minimum absolute atomic E-state index is 0.